The van der Waals surface area contributed by atoms with Crippen LogP contribution in [-0.4, -0.2) is 53.1 Å². The SMILES string of the molecule is Cc1cnc2nc(-c3cc(NC(=O)NCCN(C)C)ccc3Cl)[nH]c2c1. The molecular weight excluding hydrogens is 352 g/mol. The van der Waals surface area contributed by atoms with Crippen LogP contribution >= 0.6 is 11.6 Å². The zero-order valence-corrected chi connectivity index (χ0v) is 15.7. The van der Waals surface area contributed by atoms with Crippen LogP contribution in [0.15, 0.2) is 30.5 Å². The van der Waals surface area contributed by atoms with Gasteiger partial charge in [-0.05, 0) is 50.8 Å². The number of carbonyl (C=O) groups is 1. The average molecular weight is 373 g/mol. The normalized spacial score (nSPS) is 11.1. The number of nitrogens with one attached hydrogen (secondary N) is 3. The molecule has 3 rings (SSSR count). The van der Waals surface area contributed by atoms with Gasteiger partial charge in [-0.2, -0.15) is 0 Å². The summed E-state index contributed by atoms with van der Waals surface area (Å²) in [6.07, 6.45) is 1.77. The van der Waals surface area contributed by atoms with E-state index < -0.39 is 0 Å². The van der Waals surface area contributed by atoms with Crippen LogP contribution < -0.4 is 10.6 Å². The highest BCUT2D eigenvalue weighted by Gasteiger charge is 2.12. The van der Waals surface area contributed by atoms with E-state index in [4.69, 9.17) is 11.6 Å². The first kappa shape index (κ1) is 18.2. The van der Waals surface area contributed by atoms with Crippen LogP contribution in [0.25, 0.3) is 22.6 Å². The van der Waals surface area contributed by atoms with E-state index in [0.717, 1.165) is 17.6 Å². The van der Waals surface area contributed by atoms with Gasteiger partial charge in [-0.3, -0.25) is 0 Å². The van der Waals surface area contributed by atoms with Crippen molar-refractivity contribution in [3.8, 4) is 11.4 Å². The van der Waals surface area contributed by atoms with Crippen molar-refractivity contribution < 1.29 is 4.79 Å². The maximum Gasteiger partial charge on any atom is 0.319 e. The van der Waals surface area contributed by atoms with Crippen molar-refractivity contribution in [1.29, 1.82) is 0 Å². The van der Waals surface area contributed by atoms with Gasteiger partial charge >= 0.3 is 6.03 Å². The Hall–Kier alpha value is -2.64. The molecule has 2 amide bonds. The number of imidazole rings is 1. The van der Waals surface area contributed by atoms with Crippen molar-refractivity contribution in [2.24, 2.45) is 0 Å². The number of amides is 2. The van der Waals surface area contributed by atoms with Gasteiger partial charge in [-0.25, -0.2) is 14.8 Å². The van der Waals surface area contributed by atoms with E-state index in [0.29, 0.717) is 34.3 Å². The fraction of sp³-hybridized carbons (Fsp3) is 0.278. The summed E-state index contributed by atoms with van der Waals surface area (Å²) in [4.78, 5) is 26.0. The first-order valence-electron chi connectivity index (χ1n) is 8.24. The molecule has 0 spiro atoms. The van der Waals surface area contributed by atoms with Gasteiger partial charge < -0.3 is 20.5 Å². The van der Waals surface area contributed by atoms with E-state index in [-0.39, 0.29) is 6.03 Å². The summed E-state index contributed by atoms with van der Waals surface area (Å²) >= 11 is 6.33. The lowest BCUT2D eigenvalue weighted by molar-refractivity contribution is 0.250. The highest BCUT2D eigenvalue weighted by molar-refractivity contribution is 6.33. The minimum atomic E-state index is -0.262. The number of hydrogen-bond acceptors (Lipinski definition) is 4. The van der Waals surface area contributed by atoms with Crippen molar-refractivity contribution in [3.63, 3.8) is 0 Å². The van der Waals surface area contributed by atoms with Crippen LogP contribution in [-0.2, 0) is 0 Å². The number of aromatic amines is 1. The molecule has 0 saturated carbocycles. The van der Waals surface area contributed by atoms with E-state index >= 15 is 0 Å². The zero-order valence-electron chi connectivity index (χ0n) is 14.9. The molecule has 0 saturated heterocycles. The number of hydrogen-bond donors (Lipinski definition) is 3. The second-order valence-corrected chi connectivity index (χ2v) is 6.76. The number of benzene rings is 1. The molecule has 0 aliphatic heterocycles. The molecule has 8 heteroatoms. The number of aromatic nitrogens is 3. The third-order valence-corrected chi connectivity index (χ3v) is 4.13. The number of halogens is 1. The number of carbonyl (C=O) groups excluding carboxylic acids is 1. The second-order valence-electron chi connectivity index (χ2n) is 6.35. The fourth-order valence-electron chi connectivity index (χ4n) is 2.48. The molecule has 2 heterocycles. The summed E-state index contributed by atoms with van der Waals surface area (Å²) < 4.78 is 0. The Labute approximate surface area is 156 Å². The van der Waals surface area contributed by atoms with Crippen molar-refractivity contribution in [3.05, 3.63) is 41.0 Å². The second kappa shape index (κ2) is 7.72. The van der Waals surface area contributed by atoms with Crippen LogP contribution in [0, 0.1) is 6.92 Å². The number of aryl methyl sites for hydroxylation is 1. The van der Waals surface area contributed by atoms with Crippen molar-refractivity contribution in [2.45, 2.75) is 6.92 Å². The quantitative estimate of drug-likeness (QED) is 0.641. The molecule has 0 atom stereocenters. The summed E-state index contributed by atoms with van der Waals surface area (Å²) in [7, 11) is 3.91. The van der Waals surface area contributed by atoms with Gasteiger partial charge in [-0.1, -0.05) is 11.6 Å². The predicted molar refractivity (Wildman–Crippen MR) is 105 cm³/mol. The van der Waals surface area contributed by atoms with Gasteiger partial charge in [0.1, 0.15) is 5.82 Å². The molecule has 0 unspecified atom stereocenters. The van der Waals surface area contributed by atoms with E-state index in [1.54, 1.807) is 24.4 Å². The molecule has 136 valence electrons. The maximum absolute atomic E-state index is 12.0. The predicted octanol–water partition coefficient (Wildman–Crippen LogP) is 3.27. The Morgan fingerprint density at radius 3 is 2.88 bits per heavy atom. The molecule has 3 aromatic rings. The van der Waals surface area contributed by atoms with E-state index in [2.05, 4.69) is 25.6 Å². The fourth-order valence-corrected chi connectivity index (χ4v) is 2.69. The number of H-pyrrole nitrogens is 1. The van der Waals surface area contributed by atoms with Gasteiger partial charge in [-0.15, -0.1) is 0 Å². The topological polar surface area (TPSA) is 85.9 Å². The number of nitrogens with zero attached hydrogens (tertiary/aromatic N) is 3. The molecule has 0 fully saturated rings. The molecule has 0 aliphatic rings. The molecule has 0 bridgehead atoms. The van der Waals surface area contributed by atoms with Gasteiger partial charge in [0.05, 0.1) is 10.5 Å². The van der Waals surface area contributed by atoms with Gasteiger partial charge in [0.2, 0.25) is 0 Å². The standard InChI is InChI=1S/C18H21ClN6O/c1-11-8-15-17(21-10-11)24-16(23-15)13-9-12(4-5-14(13)19)22-18(26)20-6-7-25(2)3/h4-5,8-10H,6-7H2,1-3H3,(H2,20,22,26)(H,21,23,24). The van der Waals surface area contributed by atoms with E-state index in [1.807, 2.05) is 32.0 Å². The summed E-state index contributed by atoms with van der Waals surface area (Å²) in [5.41, 5.74) is 3.85. The highest BCUT2D eigenvalue weighted by Crippen LogP contribution is 2.30. The summed E-state index contributed by atoms with van der Waals surface area (Å²) in [5.74, 6) is 0.611. The summed E-state index contributed by atoms with van der Waals surface area (Å²) in [6, 6.07) is 6.99. The van der Waals surface area contributed by atoms with E-state index in [1.165, 1.54) is 0 Å². The Morgan fingerprint density at radius 1 is 1.31 bits per heavy atom. The minimum absolute atomic E-state index is 0.262. The third kappa shape index (κ3) is 4.30. The zero-order chi connectivity index (χ0) is 18.7. The first-order chi connectivity index (χ1) is 12.4. The van der Waals surface area contributed by atoms with Crippen molar-refractivity contribution in [2.75, 3.05) is 32.5 Å². The number of likely N-dealkylation sites (N-methyl/N-ethyl adjacent to an activating group) is 1. The Balaban J connectivity index is 1.79. The van der Waals surface area contributed by atoms with Crippen LogP contribution in [0.1, 0.15) is 5.56 Å². The lowest BCUT2D eigenvalue weighted by atomic mass is 10.2. The smallest absolute Gasteiger partial charge is 0.319 e. The maximum atomic E-state index is 12.0. The number of urea groups is 1. The first-order valence-corrected chi connectivity index (χ1v) is 8.62. The number of pyridine rings is 1. The van der Waals surface area contributed by atoms with Crippen molar-refractivity contribution in [1.82, 2.24) is 25.2 Å². The molecule has 2 aromatic heterocycles. The van der Waals surface area contributed by atoms with Crippen LogP contribution in [0.2, 0.25) is 5.02 Å². The molecule has 26 heavy (non-hydrogen) atoms. The largest absolute Gasteiger partial charge is 0.337 e. The van der Waals surface area contributed by atoms with Crippen LogP contribution in [0.4, 0.5) is 10.5 Å². The molecule has 3 N–H and O–H groups in total. The monoisotopic (exact) mass is 372 g/mol. The average Bonchev–Trinajstić information content (AvgIpc) is 2.99. The van der Waals surface area contributed by atoms with Crippen molar-refractivity contribution >= 4 is 34.5 Å². The van der Waals surface area contributed by atoms with Gasteiger partial charge in [0, 0.05) is 30.5 Å². The van der Waals surface area contributed by atoms with E-state index in [9.17, 15) is 4.79 Å². The molecule has 1 aromatic carbocycles. The summed E-state index contributed by atoms with van der Waals surface area (Å²) in [6.45, 7) is 3.30. The highest BCUT2D eigenvalue weighted by atomic mass is 35.5. The van der Waals surface area contributed by atoms with Gasteiger partial charge in [0.25, 0.3) is 0 Å². The Bertz CT molecular complexity index is 937. The molecule has 0 radical (unpaired) electrons. The third-order valence-electron chi connectivity index (χ3n) is 3.80. The molecule has 7 nitrogen and oxygen atoms in total. The molecular formula is C18H21ClN6O. The van der Waals surface area contributed by atoms with Gasteiger partial charge in [0.15, 0.2) is 5.65 Å². The Kier molecular flexibility index (Phi) is 5.39. The number of anilines is 1. The Morgan fingerprint density at radius 2 is 2.12 bits per heavy atom. The van der Waals surface area contributed by atoms with Crippen LogP contribution in [0.3, 0.4) is 0 Å². The minimum Gasteiger partial charge on any atom is -0.337 e. The van der Waals surface area contributed by atoms with Crippen LogP contribution in [0.5, 0.6) is 0 Å². The lowest BCUT2D eigenvalue weighted by Gasteiger charge is -2.12. The molecule has 0 aliphatic carbocycles. The number of fused-ring (bicyclic) bond motifs is 1. The summed E-state index contributed by atoms with van der Waals surface area (Å²) in [5, 5.41) is 6.16. The number of rotatable bonds is 5. The lowest BCUT2D eigenvalue weighted by Crippen LogP contribution is -2.34.